The summed E-state index contributed by atoms with van der Waals surface area (Å²) in [5.74, 6) is -2.00. The maximum Gasteiger partial charge on any atom is 0.307 e. The first-order valence-corrected chi connectivity index (χ1v) is 6.82. The van der Waals surface area contributed by atoms with Crippen molar-refractivity contribution in [1.82, 2.24) is 10.2 Å². The Bertz CT molecular complexity index is 340. The zero-order valence-corrected chi connectivity index (χ0v) is 11.8. The molecular formula is C14H24N2O3. The molecule has 0 aliphatic heterocycles. The van der Waals surface area contributed by atoms with Gasteiger partial charge in [0.05, 0.1) is 11.8 Å². The van der Waals surface area contributed by atoms with Gasteiger partial charge in [-0.05, 0) is 46.3 Å². The van der Waals surface area contributed by atoms with E-state index in [0.29, 0.717) is 19.4 Å². The van der Waals surface area contributed by atoms with Gasteiger partial charge in [-0.3, -0.25) is 9.59 Å². The van der Waals surface area contributed by atoms with E-state index in [-0.39, 0.29) is 5.91 Å². The molecule has 2 N–H and O–H groups in total. The van der Waals surface area contributed by atoms with Crippen LogP contribution in [0.25, 0.3) is 0 Å². The molecular weight excluding hydrogens is 244 g/mol. The van der Waals surface area contributed by atoms with Crippen LogP contribution in [0.3, 0.4) is 0 Å². The van der Waals surface area contributed by atoms with Gasteiger partial charge in [0.25, 0.3) is 0 Å². The fraction of sp³-hybridized carbons (Fsp3) is 0.714. The summed E-state index contributed by atoms with van der Waals surface area (Å²) in [4.78, 5) is 25.2. The molecule has 0 fully saturated rings. The van der Waals surface area contributed by atoms with Gasteiger partial charge in [0.15, 0.2) is 0 Å². The Morgan fingerprint density at radius 3 is 2.42 bits per heavy atom. The topological polar surface area (TPSA) is 69.6 Å². The van der Waals surface area contributed by atoms with Crippen LogP contribution in [0.4, 0.5) is 0 Å². The van der Waals surface area contributed by atoms with Crippen molar-refractivity contribution >= 4 is 11.9 Å². The van der Waals surface area contributed by atoms with Crippen molar-refractivity contribution in [2.75, 3.05) is 27.2 Å². The molecule has 0 aromatic heterocycles. The summed E-state index contributed by atoms with van der Waals surface area (Å²) in [6.07, 6.45) is 6.67. The molecule has 1 aliphatic carbocycles. The molecule has 1 aliphatic rings. The third-order valence-electron chi connectivity index (χ3n) is 3.42. The number of carboxylic acid groups (broad SMARTS) is 1. The first-order valence-electron chi connectivity index (χ1n) is 6.82. The third kappa shape index (κ3) is 5.42. The molecule has 0 radical (unpaired) electrons. The van der Waals surface area contributed by atoms with Gasteiger partial charge < -0.3 is 15.3 Å². The van der Waals surface area contributed by atoms with Crippen molar-refractivity contribution in [3.8, 4) is 0 Å². The Morgan fingerprint density at radius 1 is 1.21 bits per heavy atom. The van der Waals surface area contributed by atoms with Crippen LogP contribution in [0.1, 0.15) is 25.7 Å². The van der Waals surface area contributed by atoms with E-state index in [2.05, 4.69) is 10.2 Å². The molecule has 0 saturated carbocycles. The van der Waals surface area contributed by atoms with E-state index in [0.717, 1.165) is 19.4 Å². The Hall–Kier alpha value is -1.36. The molecule has 0 saturated heterocycles. The van der Waals surface area contributed by atoms with E-state index >= 15 is 0 Å². The van der Waals surface area contributed by atoms with E-state index < -0.39 is 17.8 Å². The van der Waals surface area contributed by atoms with Gasteiger partial charge in [-0.25, -0.2) is 0 Å². The van der Waals surface area contributed by atoms with E-state index in [9.17, 15) is 9.59 Å². The van der Waals surface area contributed by atoms with Crippen molar-refractivity contribution in [3.63, 3.8) is 0 Å². The van der Waals surface area contributed by atoms with E-state index in [4.69, 9.17) is 5.11 Å². The summed E-state index contributed by atoms with van der Waals surface area (Å²) >= 11 is 0. The van der Waals surface area contributed by atoms with E-state index in [1.54, 1.807) is 0 Å². The lowest BCUT2D eigenvalue weighted by Crippen LogP contribution is -2.39. The predicted molar refractivity (Wildman–Crippen MR) is 73.8 cm³/mol. The lowest BCUT2D eigenvalue weighted by atomic mass is 9.82. The Kier molecular flexibility index (Phi) is 6.56. The van der Waals surface area contributed by atoms with Crippen LogP contribution in [-0.4, -0.2) is 49.1 Å². The molecule has 0 aromatic rings. The van der Waals surface area contributed by atoms with Gasteiger partial charge in [0.1, 0.15) is 0 Å². The number of rotatable bonds is 7. The second-order valence-corrected chi connectivity index (χ2v) is 5.30. The highest BCUT2D eigenvalue weighted by atomic mass is 16.4. The highest BCUT2D eigenvalue weighted by Crippen LogP contribution is 2.25. The molecule has 1 amide bonds. The minimum absolute atomic E-state index is 0.124. The second-order valence-electron chi connectivity index (χ2n) is 5.30. The van der Waals surface area contributed by atoms with Gasteiger partial charge >= 0.3 is 5.97 Å². The number of hydrogen-bond acceptors (Lipinski definition) is 3. The maximum atomic E-state index is 12.0. The lowest BCUT2D eigenvalue weighted by Gasteiger charge is -2.24. The number of unbranched alkanes of at least 4 members (excludes halogenated alkanes) is 1. The third-order valence-corrected chi connectivity index (χ3v) is 3.42. The normalized spacial score (nSPS) is 22.5. The van der Waals surface area contributed by atoms with Crippen LogP contribution >= 0.6 is 0 Å². The number of carbonyl (C=O) groups excluding carboxylic acids is 1. The van der Waals surface area contributed by atoms with Crippen LogP contribution in [-0.2, 0) is 9.59 Å². The van der Waals surface area contributed by atoms with E-state index in [1.165, 1.54) is 0 Å². The van der Waals surface area contributed by atoms with Crippen molar-refractivity contribution in [2.45, 2.75) is 25.7 Å². The molecule has 19 heavy (non-hydrogen) atoms. The van der Waals surface area contributed by atoms with Gasteiger partial charge in [0.2, 0.25) is 5.91 Å². The SMILES string of the molecule is CN(C)CCCCNC(=O)C1CC=CCC1C(=O)O. The average Bonchev–Trinajstić information content (AvgIpc) is 2.37. The van der Waals surface area contributed by atoms with Crippen molar-refractivity contribution < 1.29 is 14.7 Å². The number of nitrogens with zero attached hydrogens (tertiary/aromatic N) is 1. The summed E-state index contributed by atoms with van der Waals surface area (Å²) in [6.45, 7) is 1.62. The number of carbonyl (C=O) groups is 2. The number of aliphatic carboxylic acids is 1. The summed E-state index contributed by atoms with van der Waals surface area (Å²) in [6, 6.07) is 0. The summed E-state index contributed by atoms with van der Waals surface area (Å²) < 4.78 is 0. The smallest absolute Gasteiger partial charge is 0.307 e. The fourth-order valence-corrected chi connectivity index (χ4v) is 2.27. The number of nitrogens with one attached hydrogen (secondary N) is 1. The molecule has 0 bridgehead atoms. The number of hydrogen-bond donors (Lipinski definition) is 2. The lowest BCUT2D eigenvalue weighted by molar-refractivity contribution is -0.147. The summed E-state index contributed by atoms with van der Waals surface area (Å²) in [5.41, 5.74) is 0. The van der Waals surface area contributed by atoms with Crippen LogP contribution in [0, 0.1) is 11.8 Å². The van der Waals surface area contributed by atoms with Gasteiger partial charge in [-0.2, -0.15) is 0 Å². The molecule has 2 unspecified atom stereocenters. The van der Waals surface area contributed by atoms with Crippen LogP contribution in [0.15, 0.2) is 12.2 Å². The maximum absolute atomic E-state index is 12.0. The van der Waals surface area contributed by atoms with Gasteiger partial charge in [-0.15, -0.1) is 0 Å². The zero-order chi connectivity index (χ0) is 14.3. The first kappa shape index (κ1) is 15.7. The predicted octanol–water partition coefficient (Wildman–Crippen LogP) is 1.11. The standard InChI is InChI=1S/C14H24N2O3/c1-16(2)10-6-5-9-15-13(17)11-7-3-4-8-12(11)14(18)19/h3-4,11-12H,5-10H2,1-2H3,(H,15,17)(H,18,19). The Morgan fingerprint density at radius 2 is 1.84 bits per heavy atom. The minimum atomic E-state index is -0.878. The molecule has 108 valence electrons. The summed E-state index contributed by atoms with van der Waals surface area (Å²) in [7, 11) is 4.04. The quantitative estimate of drug-likeness (QED) is 0.536. The Labute approximate surface area is 114 Å². The summed E-state index contributed by atoms with van der Waals surface area (Å²) in [5, 5.41) is 12.0. The fourth-order valence-electron chi connectivity index (χ4n) is 2.27. The van der Waals surface area contributed by atoms with Crippen LogP contribution in [0.2, 0.25) is 0 Å². The number of allylic oxidation sites excluding steroid dienone is 2. The first-order chi connectivity index (χ1) is 9.02. The van der Waals surface area contributed by atoms with Crippen LogP contribution in [0.5, 0.6) is 0 Å². The molecule has 5 nitrogen and oxygen atoms in total. The van der Waals surface area contributed by atoms with Crippen molar-refractivity contribution in [2.24, 2.45) is 11.8 Å². The van der Waals surface area contributed by atoms with Gasteiger partial charge in [0, 0.05) is 6.54 Å². The molecule has 0 spiro atoms. The zero-order valence-electron chi connectivity index (χ0n) is 11.8. The molecule has 1 rings (SSSR count). The van der Waals surface area contributed by atoms with Crippen LogP contribution < -0.4 is 5.32 Å². The largest absolute Gasteiger partial charge is 0.481 e. The highest BCUT2D eigenvalue weighted by Gasteiger charge is 2.33. The Balaban J connectivity index is 2.31. The highest BCUT2D eigenvalue weighted by molar-refractivity contribution is 5.85. The molecule has 2 atom stereocenters. The monoisotopic (exact) mass is 268 g/mol. The van der Waals surface area contributed by atoms with E-state index in [1.807, 2.05) is 26.2 Å². The van der Waals surface area contributed by atoms with Crippen molar-refractivity contribution in [1.29, 1.82) is 0 Å². The average molecular weight is 268 g/mol. The minimum Gasteiger partial charge on any atom is -0.481 e. The van der Waals surface area contributed by atoms with Gasteiger partial charge in [-0.1, -0.05) is 12.2 Å². The van der Waals surface area contributed by atoms with Crippen molar-refractivity contribution in [3.05, 3.63) is 12.2 Å². The molecule has 0 heterocycles. The number of carboxylic acids is 1. The number of amides is 1. The molecule has 5 heteroatoms. The second kappa shape index (κ2) is 7.94. The molecule has 0 aromatic carbocycles.